The molecule has 0 radical (unpaired) electrons. The van der Waals surface area contributed by atoms with Crippen LogP contribution in [0.15, 0.2) is 71.3 Å². The monoisotopic (exact) mass is 606 g/mol. The molecule has 4 rings (SSSR count). The van der Waals surface area contributed by atoms with E-state index in [0.717, 1.165) is 20.4 Å². The van der Waals surface area contributed by atoms with Crippen LogP contribution >= 0.6 is 45.8 Å². The van der Waals surface area contributed by atoms with E-state index in [1.807, 2.05) is 68.5 Å². The Morgan fingerprint density at radius 2 is 1.82 bits per heavy atom. The van der Waals surface area contributed by atoms with Crippen LogP contribution < -0.4 is 14.5 Å². The molecule has 5 nitrogen and oxygen atoms in total. The van der Waals surface area contributed by atoms with Crippen LogP contribution in [0, 0.1) is 3.57 Å². The molecular weight excluding hydrogens is 586 g/mol. The first-order valence-corrected chi connectivity index (χ1v) is 12.4. The van der Waals surface area contributed by atoms with Crippen molar-refractivity contribution in [3.63, 3.8) is 0 Å². The number of hydrogen-bond acceptors (Lipinski definition) is 4. The van der Waals surface area contributed by atoms with Gasteiger partial charge in [0.1, 0.15) is 6.61 Å². The Hall–Kier alpha value is -2.55. The van der Waals surface area contributed by atoms with Crippen molar-refractivity contribution in [3.8, 4) is 11.5 Å². The van der Waals surface area contributed by atoms with E-state index in [0.29, 0.717) is 39.4 Å². The van der Waals surface area contributed by atoms with E-state index in [9.17, 15) is 4.79 Å². The fraction of sp³-hybridized carbons (Fsp3) is 0.154. The molecule has 3 aromatic rings. The van der Waals surface area contributed by atoms with Gasteiger partial charge in [-0.15, -0.1) is 0 Å². The lowest BCUT2D eigenvalue weighted by molar-refractivity contribution is -0.114. The third-order valence-electron chi connectivity index (χ3n) is 5.09. The molecular formula is C26H21Cl2IN2O3. The van der Waals surface area contributed by atoms with Crippen LogP contribution in [0.1, 0.15) is 25.0 Å². The lowest BCUT2D eigenvalue weighted by Crippen LogP contribution is -2.21. The van der Waals surface area contributed by atoms with E-state index in [1.165, 1.54) is 5.01 Å². The number of ether oxygens (including phenoxy) is 2. The summed E-state index contributed by atoms with van der Waals surface area (Å²) in [6.45, 7) is 4.47. The number of nitrogens with zero attached hydrogens (tertiary/aromatic N) is 2. The van der Waals surface area contributed by atoms with E-state index in [-0.39, 0.29) is 12.5 Å². The summed E-state index contributed by atoms with van der Waals surface area (Å²) in [5.41, 5.74) is 3.55. The number of amides is 1. The maximum absolute atomic E-state index is 13.1. The minimum atomic E-state index is -0.172. The Bertz CT molecular complexity index is 1290. The van der Waals surface area contributed by atoms with E-state index >= 15 is 0 Å². The van der Waals surface area contributed by atoms with E-state index in [4.69, 9.17) is 32.7 Å². The molecule has 0 atom stereocenters. The van der Waals surface area contributed by atoms with Gasteiger partial charge in [-0.2, -0.15) is 10.1 Å². The van der Waals surface area contributed by atoms with Crippen molar-refractivity contribution in [1.29, 1.82) is 0 Å². The summed E-state index contributed by atoms with van der Waals surface area (Å²) in [6, 6.07) is 18.5. The summed E-state index contributed by atoms with van der Waals surface area (Å²) >= 11 is 14.5. The van der Waals surface area contributed by atoms with Gasteiger partial charge in [0, 0.05) is 15.6 Å². The molecule has 174 valence electrons. The van der Waals surface area contributed by atoms with Gasteiger partial charge in [0.2, 0.25) is 0 Å². The van der Waals surface area contributed by atoms with Crippen molar-refractivity contribution < 1.29 is 14.3 Å². The van der Waals surface area contributed by atoms with Gasteiger partial charge in [-0.05, 0) is 84.5 Å². The summed E-state index contributed by atoms with van der Waals surface area (Å²) in [4.78, 5) is 13.1. The molecule has 0 saturated heterocycles. The zero-order chi connectivity index (χ0) is 24.2. The number of anilines is 1. The Balaban J connectivity index is 1.61. The predicted molar refractivity (Wildman–Crippen MR) is 146 cm³/mol. The van der Waals surface area contributed by atoms with E-state index in [1.54, 1.807) is 12.1 Å². The number of benzene rings is 3. The smallest absolute Gasteiger partial charge is 0.280 e. The molecule has 1 aliphatic rings. The van der Waals surface area contributed by atoms with Crippen molar-refractivity contribution in [2.24, 2.45) is 5.10 Å². The maximum atomic E-state index is 13.1. The zero-order valence-electron chi connectivity index (χ0n) is 18.5. The van der Waals surface area contributed by atoms with Crippen LogP contribution in [-0.2, 0) is 11.4 Å². The number of halogens is 3. The van der Waals surface area contributed by atoms with Crippen molar-refractivity contribution in [2.75, 3.05) is 11.6 Å². The van der Waals surface area contributed by atoms with Gasteiger partial charge in [0.25, 0.3) is 5.91 Å². The number of rotatable bonds is 7. The lowest BCUT2D eigenvalue weighted by Gasteiger charge is -2.16. The molecule has 1 aliphatic heterocycles. The summed E-state index contributed by atoms with van der Waals surface area (Å²) < 4.78 is 12.8. The number of carbonyl (C=O) groups is 1. The van der Waals surface area contributed by atoms with Gasteiger partial charge in [0.15, 0.2) is 11.5 Å². The van der Waals surface area contributed by atoms with Crippen LogP contribution in [-0.4, -0.2) is 18.2 Å². The van der Waals surface area contributed by atoms with E-state index in [2.05, 4.69) is 27.7 Å². The SMILES string of the molecule is CCOc1cc(/C=C2/C(=O)N(c3ccccc3)N=C2C)cc(I)c1OCc1ccc(Cl)cc1Cl. The van der Waals surface area contributed by atoms with Crippen LogP contribution in [0.4, 0.5) is 5.69 Å². The first-order valence-electron chi connectivity index (χ1n) is 10.6. The van der Waals surface area contributed by atoms with Crippen molar-refractivity contribution in [1.82, 2.24) is 0 Å². The van der Waals surface area contributed by atoms with E-state index < -0.39 is 0 Å². The minimum Gasteiger partial charge on any atom is -0.490 e. The first-order chi connectivity index (χ1) is 16.4. The summed E-state index contributed by atoms with van der Waals surface area (Å²) in [5.74, 6) is 1.03. The van der Waals surface area contributed by atoms with Gasteiger partial charge in [-0.1, -0.05) is 47.5 Å². The third kappa shape index (κ3) is 5.40. The Morgan fingerprint density at radius 3 is 2.53 bits per heavy atom. The minimum absolute atomic E-state index is 0.172. The zero-order valence-corrected chi connectivity index (χ0v) is 22.2. The quantitative estimate of drug-likeness (QED) is 0.208. The third-order valence-corrected chi connectivity index (χ3v) is 6.48. The Labute approximate surface area is 222 Å². The molecule has 0 aliphatic carbocycles. The average Bonchev–Trinajstić information content (AvgIpc) is 3.09. The molecule has 0 N–H and O–H groups in total. The largest absolute Gasteiger partial charge is 0.490 e. The Morgan fingerprint density at radius 1 is 1.06 bits per heavy atom. The maximum Gasteiger partial charge on any atom is 0.280 e. The topological polar surface area (TPSA) is 51.1 Å². The van der Waals surface area contributed by atoms with Crippen molar-refractivity contribution in [3.05, 3.63) is 91.0 Å². The van der Waals surface area contributed by atoms with Crippen LogP contribution in [0.2, 0.25) is 10.0 Å². The van der Waals surface area contributed by atoms with Gasteiger partial charge in [0.05, 0.1) is 27.1 Å². The first kappa shape index (κ1) is 24.6. The molecule has 0 bridgehead atoms. The molecule has 0 aromatic heterocycles. The van der Waals surface area contributed by atoms with Gasteiger partial charge >= 0.3 is 0 Å². The van der Waals surface area contributed by atoms with Gasteiger partial charge < -0.3 is 9.47 Å². The highest BCUT2D eigenvalue weighted by molar-refractivity contribution is 14.1. The second-order valence-electron chi connectivity index (χ2n) is 7.48. The fourth-order valence-electron chi connectivity index (χ4n) is 3.46. The molecule has 3 aromatic carbocycles. The second kappa shape index (κ2) is 10.8. The summed E-state index contributed by atoms with van der Waals surface area (Å²) in [7, 11) is 0. The standard InChI is InChI=1S/C26H21Cl2IN2O3/c1-3-33-24-13-17(11-21-16(2)30-31(26(21)32)20-7-5-4-6-8-20)12-23(29)25(24)34-15-18-9-10-19(27)14-22(18)28/h4-14H,3,15H2,1-2H3/b21-11+. The predicted octanol–water partition coefficient (Wildman–Crippen LogP) is 7.38. The van der Waals surface area contributed by atoms with Crippen LogP contribution in [0.5, 0.6) is 11.5 Å². The number of hydrazone groups is 1. The number of hydrogen-bond donors (Lipinski definition) is 0. The fourth-order valence-corrected chi connectivity index (χ4v) is 4.70. The molecule has 0 unspecified atom stereocenters. The second-order valence-corrected chi connectivity index (χ2v) is 9.49. The highest BCUT2D eigenvalue weighted by Gasteiger charge is 2.28. The molecule has 0 fully saturated rings. The van der Waals surface area contributed by atoms with Crippen molar-refractivity contribution in [2.45, 2.75) is 20.5 Å². The molecule has 0 spiro atoms. The van der Waals surface area contributed by atoms with Crippen molar-refractivity contribution >= 4 is 69.2 Å². The molecule has 1 amide bonds. The highest BCUT2D eigenvalue weighted by atomic mass is 127. The van der Waals surface area contributed by atoms with Crippen LogP contribution in [0.25, 0.3) is 6.08 Å². The molecule has 34 heavy (non-hydrogen) atoms. The highest BCUT2D eigenvalue weighted by Crippen LogP contribution is 2.36. The molecule has 1 heterocycles. The average molecular weight is 607 g/mol. The summed E-state index contributed by atoms with van der Waals surface area (Å²) in [6.07, 6.45) is 1.83. The van der Waals surface area contributed by atoms with Crippen LogP contribution in [0.3, 0.4) is 0 Å². The molecule has 0 saturated carbocycles. The summed E-state index contributed by atoms with van der Waals surface area (Å²) in [5, 5.41) is 6.98. The number of para-hydroxylation sites is 1. The lowest BCUT2D eigenvalue weighted by atomic mass is 10.1. The van der Waals surface area contributed by atoms with Gasteiger partial charge in [-0.25, -0.2) is 0 Å². The van der Waals surface area contributed by atoms with Gasteiger partial charge in [-0.3, -0.25) is 4.79 Å². The number of carbonyl (C=O) groups excluding carboxylic acids is 1. The Kier molecular flexibility index (Phi) is 7.80. The normalized spacial score (nSPS) is 14.5. The molecule has 8 heteroatoms.